The van der Waals surface area contributed by atoms with E-state index in [1.165, 1.54) is 0 Å². The van der Waals surface area contributed by atoms with Gasteiger partial charge in [-0.3, -0.25) is 20.0 Å². The van der Waals surface area contributed by atoms with Gasteiger partial charge in [0.1, 0.15) is 72.2 Å². The molecule has 464 valence electrons. The molecule has 1 aliphatic rings. The molecule has 0 fully saturated rings. The number of nitrogens with one attached hydrogen (secondary N) is 4. The van der Waals surface area contributed by atoms with Crippen LogP contribution in [0.25, 0.3) is 0 Å². The third-order valence-corrected chi connectivity index (χ3v) is 15.6. The van der Waals surface area contributed by atoms with E-state index in [9.17, 15) is 0 Å². The number of ether oxygens (including phenoxy) is 10. The monoisotopic (exact) mass is 1200 g/mol. The molecular weight excluding hydrogens is 1110 g/mol. The molecule has 0 spiro atoms. The fourth-order valence-corrected chi connectivity index (χ4v) is 10.6. The van der Waals surface area contributed by atoms with Crippen LogP contribution < -0.4 is 18.9 Å². The molecular formula is C70H84N8O10. The number of hydrogen-bond donors (Lipinski definition) is 4. The second kappa shape index (κ2) is 34.3. The van der Waals surface area contributed by atoms with Gasteiger partial charge >= 0.3 is 0 Å². The lowest BCUT2D eigenvalue weighted by Gasteiger charge is -2.30. The molecule has 0 atom stereocenters. The zero-order valence-electron chi connectivity index (χ0n) is 51.2. The third kappa shape index (κ3) is 17.9. The second-order valence-electron chi connectivity index (χ2n) is 20.9. The van der Waals surface area contributed by atoms with Crippen LogP contribution in [0.1, 0.15) is 98.9 Å². The van der Waals surface area contributed by atoms with Crippen LogP contribution in [0.2, 0.25) is 0 Å². The van der Waals surface area contributed by atoms with Crippen molar-refractivity contribution in [2.24, 2.45) is 20.0 Å². The molecule has 1 aliphatic heterocycles. The van der Waals surface area contributed by atoms with Gasteiger partial charge in [-0.2, -0.15) is 0 Å². The number of fused-ring (bicyclic) bond motifs is 12. The number of benzene rings is 4. The van der Waals surface area contributed by atoms with Crippen molar-refractivity contribution in [2.45, 2.75) is 64.2 Å². The largest absolute Gasteiger partial charge is 0.489 e. The first kappa shape index (κ1) is 64.1. The number of aromatic amines is 4. The second-order valence-corrected chi connectivity index (χ2v) is 20.9. The van der Waals surface area contributed by atoms with E-state index >= 15 is 0 Å². The molecule has 4 N–H and O–H groups in total. The van der Waals surface area contributed by atoms with Gasteiger partial charge in [-0.05, 0) is 123 Å². The maximum Gasteiger partial charge on any atom is 0.145 e. The zero-order valence-corrected chi connectivity index (χ0v) is 51.2. The Balaban J connectivity index is 0.800. The van der Waals surface area contributed by atoms with Crippen molar-refractivity contribution in [3.63, 3.8) is 0 Å². The number of para-hydroxylation sites is 8. The molecule has 0 radical (unpaired) electrons. The summed E-state index contributed by atoms with van der Waals surface area (Å²) in [4.78, 5) is 33.9. The Morgan fingerprint density at radius 3 is 0.693 bits per heavy atom. The van der Waals surface area contributed by atoms with Crippen molar-refractivity contribution >= 4 is 47.6 Å². The standard InChI is InChI=1S/C70H84N8O10/c1-5-69(6-2)65-29-25-53(75-65)49-71-57-17-9-13-21-61(57)85-45-41-81-37-33-79-35-39-83-43-47-87-63-23-15-11-19-59(63)73-51-55-27-31-67(77-55)70(7-3,8-4)68-32-28-56(78-68)52-74-60-20-12-16-24-64(60)88-48-44-84-40-36-80-34-38-82-42-46-86-62-22-14-10-18-58(62)72-50-54-26-30-66(69)76-54/h9-32,49-52,75-78H,5-8,33-48H2,1-4H3. The quantitative estimate of drug-likeness (QED) is 0.131. The predicted molar refractivity (Wildman–Crippen MR) is 348 cm³/mol. The first-order valence-corrected chi connectivity index (χ1v) is 30.7. The van der Waals surface area contributed by atoms with Crippen molar-refractivity contribution in [3.8, 4) is 23.0 Å². The first-order chi connectivity index (χ1) is 43.4. The van der Waals surface area contributed by atoms with Crippen LogP contribution >= 0.6 is 0 Å². The van der Waals surface area contributed by atoms with E-state index in [2.05, 4.69) is 96.2 Å². The van der Waals surface area contributed by atoms with Crippen molar-refractivity contribution in [2.75, 3.05) is 106 Å². The van der Waals surface area contributed by atoms with E-state index in [1.807, 2.05) is 122 Å². The lowest BCUT2D eigenvalue weighted by Crippen LogP contribution is -2.27. The van der Waals surface area contributed by atoms with Gasteiger partial charge in [0.15, 0.2) is 0 Å². The number of nitrogens with zero attached hydrogens (tertiary/aromatic N) is 4. The van der Waals surface area contributed by atoms with E-state index in [0.29, 0.717) is 129 Å². The van der Waals surface area contributed by atoms with Gasteiger partial charge in [-0.1, -0.05) is 76.2 Å². The van der Waals surface area contributed by atoms with Crippen molar-refractivity contribution in [3.05, 3.63) is 191 Å². The van der Waals surface area contributed by atoms with Gasteiger partial charge in [-0.15, -0.1) is 0 Å². The Bertz CT molecular complexity index is 3020. The maximum absolute atomic E-state index is 6.12. The predicted octanol–water partition coefficient (Wildman–Crippen LogP) is 13.5. The lowest BCUT2D eigenvalue weighted by molar-refractivity contribution is 0.00504. The molecule has 9 rings (SSSR count). The lowest BCUT2D eigenvalue weighted by atomic mass is 9.76. The summed E-state index contributed by atoms with van der Waals surface area (Å²) in [6, 6.07) is 47.8. The summed E-state index contributed by atoms with van der Waals surface area (Å²) in [5.74, 6) is 2.70. The summed E-state index contributed by atoms with van der Waals surface area (Å²) in [6.07, 6.45) is 10.8. The molecule has 0 aliphatic carbocycles. The summed E-state index contributed by atoms with van der Waals surface area (Å²) in [6.45, 7) is 15.4. The smallest absolute Gasteiger partial charge is 0.145 e. The van der Waals surface area contributed by atoms with Crippen molar-refractivity contribution in [1.29, 1.82) is 0 Å². The molecule has 4 aromatic heterocycles. The van der Waals surface area contributed by atoms with E-state index in [1.54, 1.807) is 0 Å². The van der Waals surface area contributed by atoms with Crippen LogP contribution in [0.15, 0.2) is 166 Å². The number of rotatable bonds is 4. The highest BCUT2D eigenvalue weighted by atomic mass is 16.6. The average molecular weight is 1200 g/mol. The van der Waals surface area contributed by atoms with Gasteiger partial charge in [-0.25, -0.2) is 0 Å². The summed E-state index contributed by atoms with van der Waals surface area (Å²) >= 11 is 0. The van der Waals surface area contributed by atoms with Crippen molar-refractivity contribution < 1.29 is 47.4 Å². The maximum atomic E-state index is 6.12. The number of hydrogen-bond acceptors (Lipinski definition) is 14. The highest BCUT2D eigenvalue weighted by Gasteiger charge is 2.35. The minimum Gasteiger partial charge on any atom is -0.489 e. The highest BCUT2D eigenvalue weighted by Crippen LogP contribution is 2.40. The fourth-order valence-electron chi connectivity index (χ4n) is 10.6. The van der Waals surface area contributed by atoms with Gasteiger partial charge in [0.05, 0.1) is 127 Å². The third-order valence-electron chi connectivity index (χ3n) is 15.6. The summed E-state index contributed by atoms with van der Waals surface area (Å²) in [5.41, 5.74) is 10.2. The highest BCUT2D eigenvalue weighted by molar-refractivity contribution is 5.83. The molecule has 18 heteroatoms. The van der Waals surface area contributed by atoms with Crippen LogP contribution in [0.3, 0.4) is 0 Å². The molecule has 0 saturated heterocycles. The summed E-state index contributed by atoms with van der Waals surface area (Å²) < 4.78 is 59.3. The molecule has 0 amide bonds. The van der Waals surface area contributed by atoms with Crippen LogP contribution in [-0.2, 0) is 39.3 Å². The number of aromatic nitrogens is 4. The Hall–Kier alpha value is -8.36. The Labute approximate surface area is 516 Å². The van der Waals surface area contributed by atoms with E-state index in [0.717, 1.165) is 94.0 Å². The number of aliphatic imine (C=N–C) groups is 4. The topological polar surface area (TPSA) is 205 Å². The Morgan fingerprint density at radius 1 is 0.273 bits per heavy atom. The van der Waals surface area contributed by atoms with Crippen LogP contribution in [0, 0.1) is 0 Å². The van der Waals surface area contributed by atoms with Crippen molar-refractivity contribution in [1.82, 2.24) is 19.9 Å². The average Bonchev–Trinajstić information content (AvgIpc) is 3.57. The molecule has 0 unspecified atom stereocenters. The number of H-pyrrole nitrogens is 4. The van der Waals surface area contributed by atoms with Crippen LogP contribution in [-0.4, -0.2) is 151 Å². The first-order valence-electron chi connectivity index (χ1n) is 30.7. The minimum atomic E-state index is -0.289. The molecule has 18 nitrogen and oxygen atoms in total. The SMILES string of the molecule is CCC1(CC)c2ccc([nH]2)C=Nc2ccccc2OCCOCCOCCOCCOc2ccccc2N=Cc2ccc([nH]2)C(CC)(CC)c2ccc([nH]2)C=Nc2ccccc2OCCOCCOCCOCCOc2ccccc2N=Cc2ccc1[nH]2. The van der Waals surface area contributed by atoms with Crippen LogP contribution in [0.4, 0.5) is 22.7 Å². The molecule has 0 saturated carbocycles. The van der Waals surface area contributed by atoms with E-state index < -0.39 is 0 Å². The summed E-state index contributed by atoms with van der Waals surface area (Å²) in [7, 11) is 0. The molecule has 5 heterocycles. The fraction of sp³-hybridized carbons (Fsp3) is 0.371. The molecule has 8 bridgehead atoms. The molecule has 4 aromatic carbocycles. The van der Waals surface area contributed by atoms with E-state index in [-0.39, 0.29) is 10.8 Å². The summed E-state index contributed by atoms with van der Waals surface area (Å²) in [5, 5.41) is 0. The zero-order chi connectivity index (χ0) is 60.9. The molecule has 8 aromatic rings. The van der Waals surface area contributed by atoms with Crippen LogP contribution in [0.5, 0.6) is 23.0 Å². The Morgan fingerprint density at radius 2 is 0.477 bits per heavy atom. The molecule has 88 heavy (non-hydrogen) atoms. The van der Waals surface area contributed by atoms with Gasteiger partial charge in [0.2, 0.25) is 0 Å². The normalized spacial score (nSPS) is 16.9. The van der Waals surface area contributed by atoms with Gasteiger partial charge < -0.3 is 67.3 Å². The van der Waals surface area contributed by atoms with Gasteiger partial charge in [0, 0.05) is 33.6 Å². The Kier molecular flexibility index (Phi) is 25.0. The van der Waals surface area contributed by atoms with Gasteiger partial charge in [0.25, 0.3) is 0 Å². The minimum absolute atomic E-state index is 0.289. The van der Waals surface area contributed by atoms with E-state index in [4.69, 9.17) is 67.3 Å².